The molecule has 0 atom stereocenters. The van der Waals surface area contributed by atoms with Crippen LogP contribution in [0.5, 0.6) is 5.75 Å². The largest absolute Gasteiger partial charge is 0.493 e. The van der Waals surface area contributed by atoms with Gasteiger partial charge in [-0.3, -0.25) is 4.79 Å². The standard InChI is InChI=1S/C21H32N2O4/c1-15(2)19(24)23(11-6-10-22-20(25)27-21(3,4)5)14-16-7-8-18-17(13-16)9-12-26-18/h7-8,13,15H,6,9-12,14H2,1-5H3,(H,22,25). The average Bonchev–Trinajstić information content (AvgIpc) is 3.02. The van der Waals surface area contributed by atoms with Gasteiger partial charge in [-0.25, -0.2) is 4.79 Å². The van der Waals surface area contributed by atoms with Crippen molar-refractivity contribution in [2.24, 2.45) is 5.92 Å². The maximum Gasteiger partial charge on any atom is 0.407 e. The summed E-state index contributed by atoms with van der Waals surface area (Å²) in [5, 5.41) is 2.74. The van der Waals surface area contributed by atoms with Gasteiger partial charge >= 0.3 is 6.09 Å². The van der Waals surface area contributed by atoms with Crippen LogP contribution in [0.15, 0.2) is 18.2 Å². The second-order valence-electron chi connectivity index (χ2n) is 8.24. The molecule has 0 saturated heterocycles. The van der Waals surface area contributed by atoms with Crippen molar-refractivity contribution in [1.82, 2.24) is 10.2 Å². The summed E-state index contributed by atoms with van der Waals surface area (Å²) in [6, 6.07) is 6.13. The van der Waals surface area contributed by atoms with Gasteiger partial charge in [-0.1, -0.05) is 26.0 Å². The van der Waals surface area contributed by atoms with Crippen LogP contribution >= 0.6 is 0 Å². The predicted molar refractivity (Wildman–Crippen MR) is 105 cm³/mol. The number of amides is 2. The van der Waals surface area contributed by atoms with Gasteiger partial charge in [-0.05, 0) is 44.4 Å². The first-order valence-electron chi connectivity index (χ1n) is 9.66. The maximum absolute atomic E-state index is 12.6. The van der Waals surface area contributed by atoms with Crippen LogP contribution in [0.4, 0.5) is 4.79 Å². The second kappa shape index (κ2) is 9.11. The monoisotopic (exact) mass is 376 g/mol. The molecule has 1 aliphatic rings. The molecule has 1 aliphatic heterocycles. The number of fused-ring (bicyclic) bond motifs is 1. The molecule has 1 aromatic carbocycles. The van der Waals surface area contributed by atoms with E-state index in [4.69, 9.17) is 9.47 Å². The molecule has 0 bridgehead atoms. The number of rotatable bonds is 7. The molecular formula is C21H32N2O4. The highest BCUT2D eigenvalue weighted by molar-refractivity contribution is 5.78. The fraction of sp³-hybridized carbons (Fsp3) is 0.619. The van der Waals surface area contributed by atoms with Gasteiger partial charge in [0, 0.05) is 32.0 Å². The molecule has 2 amide bonds. The van der Waals surface area contributed by atoms with Gasteiger partial charge in [0.2, 0.25) is 5.91 Å². The van der Waals surface area contributed by atoms with E-state index in [1.807, 2.05) is 51.7 Å². The Morgan fingerprint density at radius 1 is 1.30 bits per heavy atom. The van der Waals surface area contributed by atoms with Crippen molar-refractivity contribution in [1.29, 1.82) is 0 Å². The third kappa shape index (κ3) is 6.77. The van der Waals surface area contributed by atoms with Gasteiger partial charge in [0.15, 0.2) is 0 Å². The fourth-order valence-corrected chi connectivity index (χ4v) is 2.97. The molecule has 0 aliphatic carbocycles. The first kappa shape index (κ1) is 21.1. The van der Waals surface area contributed by atoms with Gasteiger partial charge in [-0.2, -0.15) is 0 Å². The van der Waals surface area contributed by atoms with Crippen molar-refractivity contribution in [3.8, 4) is 5.75 Å². The zero-order valence-electron chi connectivity index (χ0n) is 17.1. The van der Waals surface area contributed by atoms with E-state index in [1.54, 1.807) is 0 Å². The lowest BCUT2D eigenvalue weighted by atomic mass is 10.1. The molecule has 1 heterocycles. The van der Waals surface area contributed by atoms with Gasteiger partial charge < -0.3 is 19.7 Å². The normalized spacial score (nSPS) is 13.1. The molecule has 0 fully saturated rings. The lowest BCUT2D eigenvalue weighted by Gasteiger charge is -2.25. The topological polar surface area (TPSA) is 67.9 Å². The molecule has 0 aromatic heterocycles. The van der Waals surface area contributed by atoms with E-state index in [0.29, 0.717) is 26.1 Å². The first-order valence-corrected chi connectivity index (χ1v) is 9.66. The lowest BCUT2D eigenvalue weighted by Crippen LogP contribution is -2.37. The van der Waals surface area contributed by atoms with Crippen molar-refractivity contribution in [3.05, 3.63) is 29.3 Å². The van der Waals surface area contributed by atoms with E-state index >= 15 is 0 Å². The minimum atomic E-state index is -0.513. The molecule has 0 radical (unpaired) electrons. The van der Waals surface area contributed by atoms with Crippen LogP contribution in [0.2, 0.25) is 0 Å². The van der Waals surface area contributed by atoms with Crippen molar-refractivity contribution in [2.75, 3.05) is 19.7 Å². The Kier molecular flexibility index (Phi) is 7.11. The van der Waals surface area contributed by atoms with Crippen LogP contribution in [0, 0.1) is 5.92 Å². The van der Waals surface area contributed by atoms with Crippen molar-refractivity contribution in [2.45, 2.75) is 59.6 Å². The first-order chi connectivity index (χ1) is 12.7. The maximum atomic E-state index is 12.6. The molecule has 0 saturated carbocycles. The van der Waals surface area contributed by atoms with Gasteiger partial charge in [0.25, 0.3) is 0 Å². The number of benzene rings is 1. The van der Waals surface area contributed by atoms with Crippen LogP contribution in [0.3, 0.4) is 0 Å². The van der Waals surface area contributed by atoms with Crippen LogP contribution in [0.1, 0.15) is 52.2 Å². The lowest BCUT2D eigenvalue weighted by molar-refractivity contribution is -0.135. The summed E-state index contributed by atoms with van der Waals surface area (Å²) in [4.78, 5) is 26.2. The Balaban J connectivity index is 1.89. The Hall–Kier alpha value is -2.24. The Morgan fingerprint density at radius 3 is 2.70 bits per heavy atom. The van der Waals surface area contributed by atoms with Crippen LogP contribution in [0.25, 0.3) is 0 Å². The minimum Gasteiger partial charge on any atom is -0.493 e. The Morgan fingerprint density at radius 2 is 2.04 bits per heavy atom. The zero-order valence-corrected chi connectivity index (χ0v) is 17.1. The third-order valence-corrected chi connectivity index (χ3v) is 4.21. The van der Waals surface area contributed by atoms with E-state index in [0.717, 1.165) is 24.3 Å². The quantitative estimate of drug-likeness (QED) is 0.740. The highest BCUT2D eigenvalue weighted by atomic mass is 16.6. The average molecular weight is 376 g/mol. The van der Waals surface area contributed by atoms with E-state index in [9.17, 15) is 9.59 Å². The summed E-state index contributed by atoms with van der Waals surface area (Å²) in [5.74, 6) is 0.993. The number of alkyl carbamates (subject to hydrolysis) is 1. The molecular weight excluding hydrogens is 344 g/mol. The summed E-state index contributed by atoms with van der Waals surface area (Å²) >= 11 is 0. The smallest absolute Gasteiger partial charge is 0.407 e. The minimum absolute atomic E-state index is 0.0680. The molecule has 6 nitrogen and oxygen atoms in total. The van der Waals surface area contributed by atoms with Crippen LogP contribution in [-0.4, -0.2) is 42.2 Å². The summed E-state index contributed by atoms with van der Waals surface area (Å²) in [5.41, 5.74) is 1.80. The van der Waals surface area contributed by atoms with Crippen LogP contribution in [-0.2, 0) is 22.5 Å². The number of nitrogens with zero attached hydrogens (tertiary/aromatic N) is 1. The van der Waals surface area contributed by atoms with E-state index in [2.05, 4.69) is 11.4 Å². The zero-order chi connectivity index (χ0) is 20.0. The summed E-state index contributed by atoms with van der Waals surface area (Å²) in [6.45, 7) is 11.6. The number of hydrogen-bond acceptors (Lipinski definition) is 4. The molecule has 6 heteroatoms. The summed E-state index contributed by atoms with van der Waals surface area (Å²) in [6.07, 6.45) is 1.16. The summed E-state index contributed by atoms with van der Waals surface area (Å²) < 4.78 is 10.8. The second-order valence-corrected chi connectivity index (χ2v) is 8.24. The Labute approximate surface area is 162 Å². The predicted octanol–water partition coefficient (Wildman–Crippen LogP) is 3.52. The van der Waals surface area contributed by atoms with E-state index < -0.39 is 11.7 Å². The Bertz CT molecular complexity index is 665. The molecule has 150 valence electrons. The highest BCUT2D eigenvalue weighted by Crippen LogP contribution is 2.26. The van der Waals surface area contributed by atoms with E-state index in [-0.39, 0.29) is 11.8 Å². The molecule has 0 unspecified atom stereocenters. The number of ether oxygens (including phenoxy) is 2. The van der Waals surface area contributed by atoms with Gasteiger partial charge in [0.1, 0.15) is 11.4 Å². The molecule has 0 spiro atoms. The van der Waals surface area contributed by atoms with E-state index in [1.165, 1.54) is 5.56 Å². The summed E-state index contributed by atoms with van der Waals surface area (Å²) in [7, 11) is 0. The fourth-order valence-electron chi connectivity index (χ4n) is 2.97. The van der Waals surface area contributed by atoms with Gasteiger partial charge in [0.05, 0.1) is 6.61 Å². The number of hydrogen-bond donors (Lipinski definition) is 1. The molecule has 27 heavy (non-hydrogen) atoms. The highest BCUT2D eigenvalue weighted by Gasteiger charge is 2.20. The number of nitrogens with one attached hydrogen (secondary N) is 1. The van der Waals surface area contributed by atoms with Gasteiger partial charge in [-0.15, -0.1) is 0 Å². The molecule has 1 aromatic rings. The molecule has 1 N–H and O–H groups in total. The third-order valence-electron chi connectivity index (χ3n) is 4.21. The molecule has 2 rings (SSSR count). The number of carbonyl (C=O) groups is 2. The van der Waals surface area contributed by atoms with Crippen molar-refractivity contribution < 1.29 is 19.1 Å². The SMILES string of the molecule is CC(C)C(=O)N(CCCNC(=O)OC(C)(C)C)Cc1ccc2c(c1)CCO2. The van der Waals surface area contributed by atoms with Crippen molar-refractivity contribution >= 4 is 12.0 Å². The van der Waals surface area contributed by atoms with Crippen LogP contribution < -0.4 is 10.1 Å². The number of carbonyl (C=O) groups excluding carboxylic acids is 2. The van der Waals surface area contributed by atoms with Crippen molar-refractivity contribution in [3.63, 3.8) is 0 Å².